The summed E-state index contributed by atoms with van der Waals surface area (Å²) >= 11 is 6.27. The molecular formula is C50H59ClN10O6. The minimum Gasteiger partial charge on any atom is -0.489 e. The van der Waals surface area contributed by atoms with Crippen LogP contribution in [0.25, 0.3) is 10.9 Å². The number of benzene rings is 3. The van der Waals surface area contributed by atoms with Crippen LogP contribution in [0.3, 0.4) is 0 Å². The largest absolute Gasteiger partial charge is 0.489 e. The topological polar surface area (TPSA) is 186 Å². The molecule has 0 bridgehead atoms. The molecule has 4 saturated heterocycles. The summed E-state index contributed by atoms with van der Waals surface area (Å²) in [5, 5.41) is 23.7. The molecule has 9 rings (SSSR count). The van der Waals surface area contributed by atoms with Gasteiger partial charge in [0.15, 0.2) is 0 Å². The summed E-state index contributed by atoms with van der Waals surface area (Å²) < 4.78 is 7.48. The number of ether oxygens (including phenoxy) is 1. The Labute approximate surface area is 395 Å². The predicted octanol–water partition coefficient (Wildman–Crippen LogP) is 5.18. The molecule has 17 heteroatoms. The number of nitriles is 1. The number of rotatable bonds is 10. The lowest BCUT2D eigenvalue weighted by Gasteiger charge is -2.63. The first-order valence-corrected chi connectivity index (χ1v) is 24.0. The molecule has 4 aromatic rings. The number of carbonyl (C=O) groups excluding carboxylic acids is 4. The summed E-state index contributed by atoms with van der Waals surface area (Å²) in [4.78, 5) is 74.0. The van der Waals surface area contributed by atoms with E-state index < -0.39 is 17.5 Å². The molecule has 3 aromatic carbocycles. The van der Waals surface area contributed by atoms with E-state index in [1.54, 1.807) is 30.3 Å². The van der Waals surface area contributed by atoms with Gasteiger partial charge in [-0.2, -0.15) is 9.94 Å². The Morgan fingerprint density at radius 1 is 0.836 bits per heavy atom. The van der Waals surface area contributed by atoms with Crippen LogP contribution in [0.5, 0.6) is 5.75 Å². The van der Waals surface area contributed by atoms with E-state index in [0.29, 0.717) is 51.8 Å². The molecule has 2 N–H and O–H groups in total. The molecule has 1 unspecified atom stereocenters. The summed E-state index contributed by atoms with van der Waals surface area (Å²) in [6.07, 6.45) is 3.79. The van der Waals surface area contributed by atoms with Crippen molar-refractivity contribution in [3.05, 3.63) is 87.2 Å². The zero-order valence-corrected chi connectivity index (χ0v) is 39.4. The minimum atomic E-state index is -0.879. The quantitative estimate of drug-likeness (QED) is 0.199. The first-order valence-electron chi connectivity index (χ1n) is 23.6. The fraction of sp³-hybridized carbons (Fsp3) is 0.520. The van der Waals surface area contributed by atoms with E-state index in [9.17, 15) is 29.2 Å². The number of anilines is 2. The first kappa shape index (κ1) is 46.1. The predicted molar refractivity (Wildman–Crippen MR) is 254 cm³/mol. The lowest BCUT2D eigenvalue weighted by atomic mass is 9.49. The van der Waals surface area contributed by atoms with Gasteiger partial charge >= 0.3 is 0 Å². The maximum absolute atomic E-state index is 13.7. The maximum atomic E-state index is 13.7. The van der Waals surface area contributed by atoms with Gasteiger partial charge in [-0.1, -0.05) is 44.5 Å². The molecule has 0 radical (unpaired) electrons. The third-order valence-corrected chi connectivity index (χ3v) is 15.4. The Morgan fingerprint density at radius 2 is 1.49 bits per heavy atom. The smallest absolute Gasteiger partial charge is 0.278 e. The highest BCUT2D eigenvalue weighted by molar-refractivity contribution is 6.31. The summed E-state index contributed by atoms with van der Waals surface area (Å²) in [5.74, 6) is 0.368. The van der Waals surface area contributed by atoms with Gasteiger partial charge in [-0.25, -0.2) is 0 Å². The van der Waals surface area contributed by atoms with Crippen LogP contribution in [0.2, 0.25) is 5.02 Å². The van der Waals surface area contributed by atoms with Crippen LogP contribution in [0.4, 0.5) is 11.4 Å². The van der Waals surface area contributed by atoms with Crippen LogP contribution in [-0.2, 0) is 14.4 Å². The third-order valence-electron chi connectivity index (χ3n) is 15.1. The number of nitrogens with zero attached hydrogens (tertiary/aromatic N) is 8. The summed E-state index contributed by atoms with van der Waals surface area (Å²) in [7, 11) is 0. The Bertz CT molecular complexity index is 2640. The molecule has 352 valence electrons. The van der Waals surface area contributed by atoms with Crippen LogP contribution in [0.15, 0.2) is 65.5 Å². The van der Waals surface area contributed by atoms with E-state index in [0.717, 1.165) is 87.6 Å². The summed E-state index contributed by atoms with van der Waals surface area (Å²) in [6.45, 7) is 15.9. The van der Waals surface area contributed by atoms with E-state index in [-0.39, 0.29) is 59.5 Å². The third kappa shape index (κ3) is 9.20. The van der Waals surface area contributed by atoms with E-state index in [1.165, 1.54) is 0 Å². The second-order valence-corrected chi connectivity index (χ2v) is 20.6. The van der Waals surface area contributed by atoms with Crippen LogP contribution < -0.4 is 30.7 Å². The van der Waals surface area contributed by atoms with Crippen molar-refractivity contribution in [2.75, 3.05) is 68.7 Å². The van der Waals surface area contributed by atoms with Gasteiger partial charge < -0.3 is 24.8 Å². The molecule has 16 nitrogen and oxygen atoms in total. The number of piperidine rings is 3. The maximum Gasteiger partial charge on any atom is 0.278 e. The Morgan fingerprint density at radius 3 is 2.15 bits per heavy atom. The summed E-state index contributed by atoms with van der Waals surface area (Å²) in [6, 6.07) is 19.6. The van der Waals surface area contributed by atoms with Gasteiger partial charge in [-0.3, -0.25) is 34.2 Å². The molecule has 4 amide bonds. The SMILES string of the molecule is CC1(C)[C@H](NC(=O)c2ccc(N3CCC(CN4CCN(C(=O)C5CCN(c6ccc7nnn(C8CCC(=O)NC8=O)c(=O)c7c6)CC5)CC4)CC3)cc2)C(C)(C)[C@H]1Oc1ccc(C#N)c(Cl)c1. The van der Waals surface area contributed by atoms with Crippen LogP contribution in [-0.4, -0.2) is 119 Å². The first-order chi connectivity index (χ1) is 32.1. The average molecular weight is 932 g/mol. The number of fused-ring (bicyclic) bond motifs is 1. The molecule has 5 fully saturated rings. The lowest BCUT2D eigenvalue weighted by molar-refractivity contribution is -0.164. The number of imide groups is 1. The highest BCUT2D eigenvalue weighted by Crippen LogP contribution is 2.55. The average Bonchev–Trinajstić information content (AvgIpc) is 3.33. The molecule has 1 saturated carbocycles. The van der Waals surface area contributed by atoms with Gasteiger partial charge in [0.25, 0.3) is 17.4 Å². The monoisotopic (exact) mass is 930 g/mol. The van der Waals surface area contributed by atoms with Crippen molar-refractivity contribution in [2.45, 2.75) is 84.4 Å². The molecular weight excluding hydrogens is 872 g/mol. The number of hydrogen-bond donors (Lipinski definition) is 2. The van der Waals surface area contributed by atoms with Crippen LogP contribution in [0, 0.1) is 34.0 Å². The Hall–Kier alpha value is -6.05. The number of nitrogens with one attached hydrogen (secondary N) is 2. The minimum absolute atomic E-state index is 0.0376. The zero-order valence-electron chi connectivity index (χ0n) is 38.7. The van der Waals surface area contributed by atoms with E-state index in [4.69, 9.17) is 16.3 Å². The number of carbonyl (C=O) groups is 4. The number of amides is 4. The highest BCUT2D eigenvalue weighted by atomic mass is 35.5. The molecule has 4 aliphatic heterocycles. The van der Waals surface area contributed by atoms with E-state index in [2.05, 4.69) is 81.5 Å². The van der Waals surface area contributed by atoms with Crippen LogP contribution in [0.1, 0.15) is 88.2 Å². The van der Waals surface area contributed by atoms with Gasteiger partial charge in [0.2, 0.25) is 11.8 Å². The normalized spacial score (nSPS) is 23.6. The fourth-order valence-corrected chi connectivity index (χ4v) is 11.7. The second-order valence-electron chi connectivity index (χ2n) is 20.2. The second kappa shape index (κ2) is 18.6. The van der Waals surface area contributed by atoms with Crippen molar-refractivity contribution in [2.24, 2.45) is 22.7 Å². The van der Waals surface area contributed by atoms with Crippen LogP contribution >= 0.6 is 11.6 Å². The van der Waals surface area contributed by atoms with E-state index >= 15 is 0 Å². The lowest BCUT2D eigenvalue weighted by Crippen LogP contribution is -2.74. The number of aromatic nitrogens is 3. The fourth-order valence-electron chi connectivity index (χ4n) is 11.5. The standard InChI is InChI=1S/C50H59ClN10O6/c1-49(2)47(50(3,4)48(49)67-37-11-7-34(29-52)39(51)28-37)54-43(63)32-5-8-35(9-6-32)58-19-15-31(16-20-58)30-57-23-25-60(26-24-57)45(65)33-17-21-59(22-18-33)36-10-12-40-38(27-36)46(66)61(56-55-40)41-13-14-42(62)53-44(41)64/h5-12,27-28,31,33,41,47-48H,13-26,30H2,1-4H3,(H,54,63)(H,53,62,64)/t41?,47-,48-. The summed E-state index contributed by atoms with van der Waals surface area (Å²) in [5.41, 5.74) is 2.32. The van der Waals surface area contributed by atoms with Gasteiger partial charge in [-0.15, -0.1) is 5.10 Å². The Balaban J connectivity index is 0.699. The highest BCUT2D eigenvalue weighted by Gasteiger charge is 2.64. The van der Waals surface area contributed by atoms with Gasteiger partial charge in [0.05, 0.1) is 16.0 Å². The molecule has 5 heterocycles. The molecule has 1 aliphatic carbocycles. The van der Waals surface area contributed by atoms with Gasteiger partial charge in [0, 0.05) is 111 Å². The van der Waals surface area contributed by atoms with Crippen molar-refractivity contribution in [1.82, 2.24) is 35.4 Å². The van der Waals surface area contributed by atoms with Crippen molar-refractivity contribution in [3.63, 3.8) is 0 Å². The van der Waals surface area contributed by atoms with Crippen molar-refractivity contribution in [1.29, 1.82) is 5.26 Å². The van der Waals surface area contributed by atoms with Crippen molar-refractivity contribution in [3.8, 4) is 11.8 Å². The molecule has 1 atom stereocenters. The van der Waals surface area contributed by atoms with Crippen molar-refractivity contribution >= 4 is 57.5 Å². The molecule has 0 spiro atoms. The van der Waals surface area contributed by atoms with Crippen molar-refractivity contribution < 1.29 is 23.9 Å². The van der Waals surface area contributed by atoms with E-state index in [1.807, 2.05) is 23.1 Å². The number of hydrogen-bond acceptors (Lipinski definition) is 12. The van der Waals surface area contributed by atoms with Gasteiger partial charge in [-0.05, 0) is 92.6 Å². The zero-order chi connectivity index (χ0) is 47.2. The number of piperazine rings is 1. The van der Waals surface area contributed by atoms with Gasteiger partial charge in [0.1, 0.15) is 29.5 Å². The molecule has 67 heavy (non-hydrogen) atoms. The number of halogens is 1. The molecule has 1 aromatic heterocycles. The Kier molecular flexibility index (Phi) is 12.8. The molecule has 5 aliphatic rings.